The number of rotatable bonds is 5. The van der Waals surface area contributed by atoms with Crippen molar-refractivity contribution in [2.24, 2.45) is 5.92 Å². The number of aliphatic hydroxyl groups is 1. The molecule has 1 aliphatic rings. The van der Waals surface area contributed by atoms with Crippen LogP contribution >= 0.6 is 0 Å². The number of carbonyl (C=O) groups excluding carboxylic acids is 1. The summed E-state index contributed by atoms with van der Waals surface area (Å²) in [7, 11) is 1.55. The molecule has 3 unspecified atom stereocenters. The van der Waals surface area contributed by atoms with Crippen molar-refractivity contribution in [2.45, 2.75) is 31.5 Å². The van der Waals surface area contributed by atoms with Crippen molar-refractivity contribution in [1.82, 2.24) is 5.32 Å². The number of hydrogen-bond donors (Lipinski definition) is 2. The minimum Gasteiger partial charge on any atom is -0.392 e. The van der Waals surface area contributed by atoms with Gasteiger partial charge in [0.15, 0.2) is 0 Å². The van der Waals surface area contributed by atoms with Crippen LogP contribution in [0.3, 0.4) is 0 Å². The van der Waals surface area contributed by atoms with E-state index in [2.05, 4.69) is 5.32 Å². The fourth-order valence-corrected chi connectivity index (χ4v) is 2.59. The molecule has 4 nitrogen and oxygen atoms in total. The molecule has 2 rings (SSSR count). The minimum absolute atomic E-state index is 0.140. The SMILES string of the molecule is COC(CNC(=O)C1CCCC1O)c1ccc(F)cc1. The number of halogens is 1. The highest BCUT2D eigenvalue weighted by atomic mass is 19.1. The van der Waals surface area contributed by atoms with Crippen LogP contribution in [0.15, 0.2) is 24.3 Å². The lowest BCUT2D eigenvalue weighted by Gasteiger charge is -2.19. The third-order valence-corrected chi connectivity index (χ3v) is 3.80. The van der Waals surface area contributed by atoms with Gasteiger partial charge in [0.1, 0.15) is 5.82 Å². The number of aliphatic hydroxyl groups excluding tert-OH is 1. The van der Waals surface area contributed by atoms with Gasteiger partial charge in [-0.1, -0.05) is 12.1 Å². The molecule has 0 radical (unpaired) electrons. The highest BCUT2D eigenvalue weighted by Crippen LogP contribution is 2.25. The standard InChI is InChI=1S/C15H20FNO3/c1-20-14(10-5-7-11(16)8-6-10)9-17-15(19)12-3-2-4-13(12)18/h5-8,12-14,18H,2-4,9H2,1H3,(H,17,19). The molecule has 5 heteroatoms. The van der Waals surface area contributed by atoms with Crippen molar-refractivity contribution in [3.63, 3.8) is 0 Å². The van der Waals surface area contributed by atoms with E-state index in [4.69, 9.17) is 4.74 Å². The summed E-state index contributed by atoms with van der Waals surface area (Å²) < 4.78 is 18.2. The van der Waals surface area contributed by atoms with Crippen LogP contribution in [-0.4, -0.2) is 30.8 Å². The molecule has 1 aromatic carbocycles. The van der Waals surface area contributed by atoms with Gasteiger partial charge in [-0.05, 0) is 37.0 Å². The van der Waals surface area contributed by atoms with Crippen LogP contribution in [0, 0.1) is 11.7 Å². The van der Waals surface area contributed by atoms with Crippen molar-refractivity contribution < 1.29 is 19.0 Å². The molecule has 1 fully saturated rings. The Balaban J connectivity index is 1.90. The summed E-state index contributed by atoms with van der Waals surface area (Å²) in [5.41, 5.74) is 0.807. The van der Waals surface area contributed by atoms with E-state index in [9.17, 15) is 14.3 Å². The lowest BCUT2D eigenvalue weighted by molar-refractivity contribution is -0.128. The number of nitrogens with one attached hydrogen (secondary N) is 1. The molecule has 20 heavy (non-hydrogen) atoms. The Labute approximate surface area is 117 Å². The van der Waals surface area contributed by atoms with Crippen molar-refractivity contribution in [2.75, 3.05) is 13.7 Å². The molecule has 3 atom stereocenters. The second kappa shape index (κ2) is 6.81. The maximum Gasteiger partial charge on any atom is 0.225 e. The number of hydrogen-bond acceptors (Lipinski definition) is 3. The number of benzene rings is 1. The average Bonchev–Trinajstić information content (AvgIpc) is 2.87. The molecule has 110 valence electrons. The fraction of sp³-hybridized carbons (Fsp3) is 0.533. The first-order valence-corrected chi connectivity index (χ1v) is 6.86. The smallest absolute Gasteiger partial charge is 0.225 e. The second-order valence-electron chi connectivity index (χ2n) is 5.13. The monoisotopic (exact) mass is 281 g/mol. The number of carbonyl (C=O) groups is 1. The summed E-state index contributed by atoms with van der Waals surface area (Å²) in [5, 5.41) is 12.5. The topological polar surface area (TPSA) is 58.6 Å². The third kappa shape index (κ3) is 3.55. The highest BCUT2D eigenvalue weighted by molar-refractivity contribution is 5.79. The van der Waals surface area contributed by atoms with Crippen LogP contribution in [0.1, 0.15) is 30.9 Å². The highest BCUT2D eigenvalue weighted by Gasteiger charge is 2.31. The zero-order valence-corrected chi connectivity index (χ0v) is 11.5. The van der Waals surface area contributed by atoms with Gasteiger partial charge in [0, 0.05) is 13.7 Å². The number of methoxy groups -OCH3 is 1. The van der Waals surface area contributed by atoms with Gasteiger partial charge < -0.3 is 15.2 Å². The Hall–Kier alpha value is -1.46. The van der Waals surface area contributed by atoms with Gasteiger partial charge in [-0.25, -0.2) is 4.39 Å². The molecule has 1 saturated carbocycles. The second-order valence-corrected chi connectivity index (χ2v) is 5.13. The average molecular weight is 281 g/mol. The molecule has 1 amide bonds. The molecule has 1 aliphatic carbocycles. The summed E-state index contributed by atoms with van der Waals surface area (Å²) in [4.78, 5) is 12.0. The van der Waals surface area contributed by atoms with E-state index in [1.165, 1.54) is 12.1 Å². The number of ether oxygens (including phenoxy) is 1. The Kier molecular flexibility index (Phi) is 5.09. The van der Waals surface area contributed by atoms with Crippen molar-refractivity contribution >= 4 is 5.91 Å². The minimum atomic E-state index is -0.540. The van der Waals surface area contributed by atoms with E-state index >= 15 is 0 Å². The Morgan fingerprint density at radius 2 is 2.15 bits per heavy atom. The zero-order chi connectivity index (χ0) is 14.5. The van der Waals surface area contributed by atoms with E-state index < -0.39 is 6.10 Å². The van der Waals surface area contributed by atoms with Gasteiger partial charge in [0.2, 0.25) is 5.91 Å². The summed E-state index contributed by atoms with van der Waals surface area (Å²) in [6.07, 6.45) is 1.43. The predicted octanol–water partition coefficient (Wildman–Crippen LogP) is 1.79. The van der Waals surface area contributed by atoms with Crippen LogP contribution in [0.25, 0.3) is 0 Å². The summed E-state index contributed by atoms with van der Waals surface area (Å²) >= 11 is 0. The molecule has 0 bridgehead atoms. The summed E-state index contributed by atoms with van der Waals surface area (Å²) in [6.45, 7) is 0.310. The van der Waals surface area contributed by atoms with Crippen LogP contribution < -0.4 is 5.32 Å². The quantitative estimate of drug-likeness (QED) is 0.865. The predicted molar refractivity (Wildman–Crippen MR) is 72.5 cm³/mol. The van der Waals surface area contributed by atoms with Gasteiger partial charge in [-0.15, -0.1) is 0 Å². The molecule has 0 saturated heterocycles. The van der Waals surface area contributed by atoms with E-state index in [1.54, 1.807) is 19.2 Å². The largest absolute Gasteiger partial charge is 0.392 e. The van der Waals surface area contributed by atoms with Crippen LogP contribution in [0.2, 0.25) is 0 Å². The van der Waals surface area contributed by atoms with Crippen LogP contribution in [0.5, 0.6) is 0 Å². The first kappa shape index (κ1) is 14.9. The van der Waals surface area contributed by atoms with Crippen molar-refractivity contribution in [3.8, 4) is 0 Å². The Bertz CT molecular complexity index is 449. The third-order valence-electron chi connectivity index (χ3n) is 3.80. The van der Waals surface area contributed by atoms with Gasteiger partial charge in [0.05, 0.1) is 18.1 Å². The lowest BCUT2D eigenvalue weighted by Crippen LogP contribution is -2.37. The maximum atomic E-state index is 12.9. The molecular formula is C15H20FNO3. The van der Waals surface area contributed by atoms with Gasteiger partial charge in [0.25, 0.3) is 0 Å². The van der Waals surface area contributed by atoms with Gasteiger partial charge in [-0.3, -0.25) is 4.79 Å². The van der Waals surface area contributed by atoms with Crippen molar-refractivity contribution in [3.05, 3.63) is 35.6 Å². The summed E-state index contributed by atoms with van der Waals surface area (Å²) in [5.74, 6) is -0.762. The molecule has 2 N–H and O–H groups in total. The normalized spacial score (nSPS) is 23.6. The Morgan fingerprint density at radius 1 is 1.45 bits per heavy atom. The molecule has 0 heterocycles. The molecular weight excluding hydrogens is 261 g/mol. The van der Waals surface area contributed by atoms with E-state index in [-0.39, 0.29) is 23.7 Å². The van der Waals surface area contributed by atoms with Gasteiger partial charge >= 0.3 is 0 Å². The first-order valence-electron chi connectivity index (χ1n) is 6.86. The number of amides is 1. The lowest BCUT2D eigenvalue weighted by atomic mass is 10.0. The molecule has 1 aromatic rings. The van der Waals surface area contributed by atoms with Crippen LogP contribution in [0.4, 0.5) is 4.39 Å². The fourth-order valence-electron chi connectivity index (χ4n) is 2.59. The van der Waals surface area contributed by atoms with E-state index in [0.717, 1.165) is 18.4 Å². The van der Waals surface area contributed by atoms with Crippen molar-refractivity contribution in [1.29, 1.82) is 0 Å². The molecule has 0 spiro atoms. The van der Waals surface area contributed by atoms with E-state index in [1.807, 2.05) is 0 Å². The zero-order valence-electron chi connectivity index (χ0n) is 11.5. The first-order chi connectivity index (χ1) is 9.61. The van der Waals surface area contributed by atoms with E-state index in [0.29, 0.717) is 13.0 Å². The van der Waals surface area contributed by atoms with Gasteiger partial charge in [-0.2, -0.15) is 0 Å². The Morgan fingerprint density at radius 3 is 2.70 bits per heavy atom. The van der Waals surface area contributed by atoms with Crippen LogP contribution in [-0.2, 0) is 9.53 Å². The summed E-state index contributed by atoms with van der Waals surface area (Å²) in [6, 6.07) is 6.01. The molecule has 0 aliphatic heterocycles. The maximum absolute atomic E-state index is 12.9. The molecule has 0 aromatic heterocycles.